The van der Waals surface area contributed by atoms with Crippen molar-refractivity contribution in [2.75, 3.05) is 0 Å². The van der Waals surface area contributed by atoms with Crippen LogP contribution in [0.25, 0.3) is 10.8 Å². The van der Waals surface area contributed by atoms with Crippen molar-refractivity contribution in [2.24, 2.45) is 7.05 Å². The average molecular weight is 319 g/mol. The molecule has 0 aliphatic heterocycles. The number of nitrogens with zero attached hydrogens (tertiary/aromatic N) is 2. The van der Waals surface area contributed by atoms with Crippen LogP contribution in [-0.2, 0) is 18.7 Å². The number of halogens is 1. The van der Waals surface area contributed by atoms with E-state index in [4.69, 9.17) is 11.6 Å². The summed E-state index contributed by atoms with van der Waals surface area (Å²) in [5.41, 5.74) is 2.00. The van der Waals surface area contributed by atoms with Gasteiger partial charge in [0.15, 0.2) is 0 Å². The van der Waals surface area contributed by atoms with Crippen molar-refractivity contribution in [3.8, 4) is 5.75 Å². The van der Waals surface area contributed by atoms with Crippen LogP contribution in [0.1, 0.15) is 11.4 Å². The molecule has 1 N–H and O–H groups in total. The van der Waals surface area contributed by atoms with Crippen LogP contribution in [0.2, 0.25) is 0 Å². The lowest BCUT2D eigenvalue weighted by Crippen LogP contribution is -1.96. The first-order chi connectivity index (χ1) is 10.2. The fraction of sp³-hybridized carbons (Fsp3) is 0.188. The molecule has 0 saturated heterocycles. The fourth-order valence-electron chi connectivity index (χ4n) is 2.28. The van der Waals surface area contributed by atoms with Crippen molar-refractivity contribution in [3.63, 3.8) is 0 Å². The third-order valence-electron chi connectivity index (χ3n) is 3.36. The quantitative estimate of drug-likeness (QED) is 0.575. The van der Waals surface area contributed by atoms with E-state index in [1.807, 2.05) is 48.1 Å². The highest BCUT2D eigenvalue weighted by Crippen LogP contribution is 2.32. The van der Waals surface area contributed by atoms with Gasteiger partial charge >= 0.3 is 0 Å². The van der Waals surface area contributed by atoms with E-state index in [9.17, 15) is 5.11 Å². The summed E-state index contributed by atoms with van der Waals surface area (Å²) in [5.74, 6) is 1.54. The molecular weight excluding hydrogens is 304 g/mol. The summed E-state index contributed by atoms with van der Waals surface area (Å²) in [7, 11) is 1.92. The van der Waals surface area contributed by atoms with Crippen molar-refractivity contribution in [2.45, 2.75) is 16.5 Å². The zero-order chi connectivity index (χ0) is 14.8. The first-order valence-electron chi connectivity index (χ1n) is 6.59. The highest BCUT2D eigenvalue weighted by molar-refractivity contribution is 7.98. The molecule has 0 aliphatic carbocycles. The third kappa shape index (κ3) is 3.01. The minimum atomic E-state index is 0.321. The Morgan fingerprint density at radius 2 is 2.05 bits per heavy atom. The number of hydrogen-bond donors (Lipinski definition) is 1. The van der Waals surface area contributed by atoms with Crippen molar-refractivity contribution in [1.82, 2.24) is 9.78 Å². The van der Waals surface area contributed by atoms with Gasteiger partial charge in [-0.15, -0.1) is 23.4 Å². The zero-order valence-electron chi connectivity index (χ0n) is 11.6. The molecular formula is C16H15ClN2OS. The van der Waals surface area contributed by atoms with Gasteiger partial charge in [0.05, 0.1) is 11.6 Å². The lowest BCUT2D eigenvalue weighted by Gasteiger charge is -2.06. The van der Waals surface area contributed by atoms with E-state index in [0.717, 1.165) is 32.8 Å². The van der Waals surface area contributed by atoms with Crippen molar-refractivity contribution in [3.05, 3.63) is 53.9 Å². The molecule has 0 aliphatic rings. The van der Waals surface area contributed by atoms with Crippen molar-refractivity contribution < 1.29 is 5.11 Å². The van der Waals surface area contributed by atoms with Gasteiger partial charge in [-0.3, -0.25) is 4.68 Å². The lowest BCUT2D eigenvalue weighted by molar-refractivity contribution is 0.480. The van der Waals surface area contributed by atoms with Crippen LogP contribution in [0.15, 0.2) is 47.4 Å². The second-order valence-electron chi connectivity index (χ2n) is 4.84. The number of aromatic hydroxyl groups is 1. The van der Waals surface area contributed by atoms with E-state index >= 15 is 0 Å². The van der Waals surface area contributed by atoms with Crippen LogP contribution in [0, 0.1) is 0 Å². The highest BCUT2D eigenvalue weighted by Gasteiger charge is 2.07. The second kappa shape index (κ2) is 6.00. The Bertz CT molecular complexity index is 785. The summed E-state index contributed by atoms with van der Waals surface area (Å²) >= 11 is 7.48. The number of aromatic nitrogens is 2. The molecule has 1 heterocycles. The van der Waals surface area contributed by atoms with Gasteiger partial charge in [0.1, 0.15) is 5.75 Å². The third-order valence-corrected chi connectivity index (χ3v) is 4.65. The fourth-order valence-corrected chi connectivity index (χ4v) is 3.40. The predicted molar refractivity (Wildman–Crippen MR) is 87.9 cm³/mol. The van der Waals surface area contributed by atoms with Crippen molar-refractivity contribution in [1.29, 1.82) is 0 Å². The number of aryl methyl sites for hydroxylation is 1. The van der Waals surface area contributed by atoms with E-state index in [2.05, 4.69) is 11.2 Å². The van der Waals surface area contributed by atoms with Crippen LogP contribution in [0.3, 0.4) is 0 Å². The molecule has 5 heteroatoms. The summed E-state index contributed by atoms with van der Waals surface area (Å²) in [6.07, 6.45) is 0. The molecule has 2 aromatic carbocycles. The van der Waals surface area contributed by atoms with Gasteiger partial charge in [-0.25, -0.2) is 0 Å². The van der Waals surface area contributed by atoms with Gasteiger partial charge in [0.2, 0.25) is 0 Å². The first kappa shape index (κ1) is 14.3. The normalized spacial score (nSPS) is 11.1. The summed E-state index contributed by atoms with van der Waals surface area (Å²) in [5, 5.41) is 16.4. The molecule has 3 nitrogen and oxygen atoms in total. The largest absolute Gasteiger partial charge is 0.507 e. The molecule has 1 aromatic heterocycles. The molecule has 0 amide bonds. The van der Waals surface area contributed by atoms with Gasteiger partial charge < -0.3 is 5.11 Å². The summed E-state index contributed by atoms with van der Waals surface area (Å²) in [6, 6.07) is 13.8. The number of benzene rings is 2. The molecule has 0 atom stereocenters. The monoisotopic (exact) mass is 318 g/mol. The molecule has 108 valence electrons. The number of fused-ring (bicyclic) bond motifs is 1. The average Bonchev–Trinajstić information content (AvgIpc) is 2.86. The van der Waals surface area contributed by atoms with Gasteiger partial charge in [0, 0.05) is 28.8 Å². The van der Waals surface area contributed by atoms with Gasteiger partial charge in [0.25, 0.3) is 0 Å². The standard InChI is InChI=1S/C16H15ClN2OS/c1-19-13(7-12(9-17)18-19)10-21-14-6-11-4-2-3-5-15(11)16(20)8-14/h2-8,20H,9-10H2,1H3. The Morgan fingerprint density at radius 1 is 1.24 bits per heavy atom. The Labute approximate surface area is 132 Å². The van der Waals surface area contributed by atoms with E-state index in [-0.39, 0.29) is 0 Å². The number of rotatable bonds is 4. The number of hydrogen-bond acceptors (Lipinski definition) is 3. The number of thioether (sulfide) groups is 1. The lowest BCUT2D eigenvalue weighted by atomic mass is 10.1. The molecule has 3 rings (SSSR count). The maximum Gasteiger partial charge on any atom is 0.124 e. The Kier molecular flexibility index (Phi) is 4.08. The van der Waals surface area contributed by atoms with E-state index in [1.54, 1.807) is 11.8 Å². The van der Waals surface area contributed by atoms with Gasteiger partial charge in [-0.2, -0.15) is 5.10 Å². The van der Waals surface area contributed by atoms with Crippen LogP contribution in [-0.4, -0.2) is 14.9 Å². The first-order valence-corrected chi connectivity index (χ1v) is 8.11. The number of phenolic OH excluding ortho intramolecular Hbond substituents is 1. The Morgan fingerprint density at radius 3 is 2.81 bits per heavy atom. The number of phenols is 1. The smallest absolute Gasteiger partial charge is 0.124 e. The minimum absolute atomic E-state index is 0.321. The Hall–Kier alpha value is -1.65. The molecule has 21 heavy (non-hydrogen) atoms. The number of alkyl halides is 1. The van der Waals surface area contributed by atoms with E-state index in [1.165, 1.54) is 0 Å². The molecule has 0 unspecified atom stereocenters. The van der Waals surface area contributed by atoms with Gasteiger partial charge in [-0.05, 0) is 23.6 Å². The molecule has 0 spiro atoms. The minimum Gasteiger partial charge on any atom is -0.507 e. The predicted octanol–water partition coefficient (Wildman–Crippen LogP) is 4.31. The van der Waals surface area contributed by atoms with Crippen LogP contribution in [0.5, 0.6) is 5.75 Å². The molecule has 0 saturated carbocycles. The Balaban J connectivity index is 1.83. The molecule has 0 radical (unpaired) electrons. The van der Waals surface area contributed by atoms with Crippen LogP contribution < -0.4 is 0 Å². The SMILES string of the molecule is Cn1nc(CCl)cc1CSc1cc(O)c2ccccc2c1. The maximum atomic E-state index is 10.1. The van der Waals surface area contributed by atoms with Crippen LogP contribution >= 0.6 is 23.4 Å². The van der Waals surface area contributed by atoms with Crippen LogP contribution in [0.4, 0.5) is 0 Å². The summed E-state index contributed by atoms with van der Waals surface area (Å²) in [6.45, 7) is 0. The molecule has 0 bridgehead atoms. The molecule has 3 aromatic rings. The molecule has 0 fully saturated rings. The highest BCUT2D eigenvalue weighted by atomic mass is 35.5. The topological polar surface area (TPSA) is 38.0 Å². The maximum absolute atomic E-state index is 10.1. The van der Waals surface area contributed by atoms with E-state index in [0.29, 0.717) is 11.6 Å². The summed E-state index contributed by atoms with van der Waals surface area (Å²) < 4.78 is 1.85. The zero-order valence-corrected chi connectivity index (χ0v) is 13.2. The second-order valence-corrected chi connectivity index (χ2v) is 6.15. The van der Waals surface area contributed by atoms with E-state index < -0.39 is 0 Å². The summed E-state index contributed by atoms with van der Waals surface area (Å²) in [4.78, 5) is 1.04. The van der Waals surface area contributed by atoms with Gasteiger partial charge in [-0.1, -0.05) is 24.3 Å². The van der Waals surface area contributed by atoms with Crippen molar-refractivity contribution >= 4 is 34.1 Å².